The van der Waals surface area contributed by atoms with Crippen molar-refractivity contribution in [3.05, 3.63) is 29.3 Å². The number of rotatable bonds is 4. The van der Waals surface area contributed by atoms with E-state index in [-0.39, 0.29) is 5.91 Å². The van der Waals surface area contributed by atoms with E-state index in [1.165, 1.54) is 0 Å². The minimum atomic E-state index is 0.201. The Labute approximate surface area is 123 Å². The zero-order valence-electron chi connectivity index (χ0n) is 11.1. The molecule has 19 heavy (non-hydrogen) atoms. The van der Waals surface area contributed by atoms with Gasteiger partial charge in [0.1, 0.15) is 0 Å². The van der Waals surface area contributed by atoms with E-state index in [9.17, 15) is 4.79 Å². The van der Waals surface area contributed by atoms with Crippen LogP contribution in [0.15, 0.2) is 29.2 Å². The third kappa shape index (κ3) is 4.41. The third-order valence-corrected chi connectivity index (χ3v) is 4.67. The molecule has 1 heterocycles. The van der Waals surface area contributed by atoms with Gasteiger partial charge < -0.3 is 10.2 Å². The number of halogens is 1. The average Bonchev–Trinajstić information content (AvgIpc) is 2.46. The summed E-state index contributed by atoms with van der Waals surface area (Å²) in [6.45, 7) is 2.01. The van der Waals surface area contributed by atoms with Crippen molar-refractivity contribution >= 4 is 29.3 Å². The first-order chi connectivity index (χ1) is 9.16. The van der Waals surface area contributed by atoms with Crippen LogP contribution < -0.4 is 5.32 Å². The molecule has 0 unspecified atom stereocenters. The molecule has 0 atom stereocenters. The Morgan fingerprint density at radius 2 is 2.00 bits per heavy atom. The molecular formula is C14H19ClN2OS. The maximum atomic E-state index is 12.1. The number of amides is 1. The maximum absolute atomic E-state index is 12.1. The largest absolute Gasteiger partial charge is 0.342 e. The van der Waals surface area contributed by atoms with Gasteiger partial charge >= 0.3 is 0 Å². The van der Waals surface area contributed by atoms with E-state index in [1.807, 2.05) is 36.2 Å². The minimum Gasteiger partial charge on any atom is -0.342 e. The fraction of sp³-hybridized carbons (Fsp3) is 0.500. The molecule has 2 rings (SSSR count). The molecule has 1 saturated heterocycles. The van der Waals surface area contributed by atoms with Crippen LogP contribution in [0.5, 0.6) is 0 Å². The van der Waals surface area contributed by atoms with Crippen LogP contribution in [0.4, 0.5) is 0 Å². The smallest absolute Gasteiger partial charge is 0.232 e. The van der Waals surface area contributed by atoms with Crippen LogP contribution in [0, 0.1) is 0 Å². The number of thioether (sulfide) groups is 1. The summed E-state index contributed by atoms with van der Waals surface area (Å²) in [5, 5.41) is 4.04. The number of hydrogen-bond donors (Lipinski definition) is 1. The van der Waals surface area contributed by atoms with Crippen LogP contribution in [0.25, 0.3) is 0 Å². The lowest BCUT2D eigenvalue weighted by Crippen LogP contribution is -2.44. The van der Waals surface area contributed by atoms with Gasteiger partial charge in [-0.3, -0.25) is 4.79 Å². The molecule has 5 heteroatoms. The predicted octanol–water partition coefficient (Wildman–Crippen LogP) is 2.64. The van der Waals surface area contributed by atoms with Crippen LogP contribution in [-0.4, -0.2) is 42.7 Å². The summed E-state index contributed by atoms with van der Waals surface area (Å²) in [6.07, 6.45) is 2.10. The van der Waals surface area contributed by atoms with Gasteiger partial charge in [-0.25, -0.2) is 0 Å². The molecule has 0 aliphatic carbocycles. The first-order valence-corrected chi connectivity index (χ1v) is 7.88. The molecule has 1 fully saturated rings. The summed E-state index contributed by atoms with van der Waals surface area (Å²) in [6, 6.07) is 7.99. The number of nitrogens with one attached hydrogen (secondary N) is 1. The van der Waals surface area contributed by atoms with Crippen LogP contribution in [-0.2, 0) is 4.79 Å². The molecule has 1 aromatic rings. The highest BCUT2D eigenvalue weighted by atomic mass is 35.5. The van der Waals surface area contributed by atoms with E-state index in [0.29, 0.717) is 11.8 Å². The van der Waals surface area contributed by atoms with Crippen LogP contribution in [0.1, 0.15) is 12.8 Å². The van der Waals surface area contributed by atoms with Crippen molar-refractivity contribution in [2.24, 2.45) is 0 Å². The number of piperidine rings is 1. The summed E-state index contributed by atoms with van der Waals surface area (Å²) in [5.41, 5.74) is 0. The quantitative estimate of drug-likeness (QED) is 0.867. The van der Waals surface area contributed by atoms with Crippen LogP contribution >= 0.6 is 23.4 Å². The van der Waals surface area contributed by atoms with Crippen molar-refractivity contribution in [2.75, 3.05) is 25.9 Å². The number of hydrogen-bond acceptors (Lipinski definition) is 3. The summed E-state index contributed by atoms with van der Waals surface area (Å²) >= 11 is 7.40. The van der Waals surface area contributed by atoms with Crippen LogP contribution in [0.3, 0.4) is 0 Å². The average molecular weight is 299 g/mol. The van der Waals surface area contributed by atoms with E-state index in [4.69, 9.17) is 11.6 Å². The highest BCUT2D eigenvalue weighted by molar-refractivity contribution is 8.00. The molecule has 1 aliphatic heterocycles. The number of carbonyl (C=O) groups excluding carboxylic acids is 1. The van der Waals surface area contributed by atoms with Gasteiger partial charge in [-0.15, -0.1) is 11.8 Å². The molecular weight excluding hydrogens is 280 g/mol. The fourth-order valence-corrected chi connectivity index (χ4v) is 3.12. The second-order valence-electron chi connectivity index (χ2n) is 4.73. The summed E-state index contributed by atoms with van der Waals surface area (Å²) in [5.74, 6) is 0.689. The first kappa shape index (κ1) is 14.7. The van der Waals surface area contributed by atoms with Crippen molar-refractivity contribution in [2.45, 2.75) is 23.8 Å². The monoisotopic (exact) mass is 298 g/mol. The number of nitrogens with zero attached hydrogens (tertiary/aromatic N) is 1. The van der Waals surface area contributed by atoms with Gasteiger partial charge in [0, 0.05) is 23.0 Å². The van der Waals surface area contributed by atoms with Crippen molar-refractivity contribution in [1.82, 2.24) is 10.2 Å². The Balaban J connectivity index is 1.81. The standard InChI is InChI=1S/C14H19ClN2OS/c1-17(12-6-8-16-9-7-12)14(18)10-19-13-4-2-11(15)3-5-13/h2-5,12,16H,6-10H2,1H3. The van der Waals surface area contributed by atoms with E-state index in [0.717, 1.165) is 35.8 Å². The Morgan fingerprint density at radius 1 is 1.37 bits per heavy atom. The Kier molecular flexibility index (Phi) is 5.55. The first-order valence-electron chi connectivity index (χ1n) is 6.51. The highest BCUT2D eigenvalue weighted by Gasteiger charge is 2.21. The highest BCUT2D eigenvalue weighted by Crippen LogP contribution is 2.21. The maximum Gasteiger partial charge on any atom is 0.232 e. The predicted molar refractivity (Wildman–Crippen MR) is 80.8 cm³/mol. The van der Waals surface area contributed by atoms with Crippen LogP contribution in [0.2, 0.25) is 5.02 Å². The second-order valence-corrected chi connectivity index (χ2v) is 6.21. The SMILES string of the molecule is CN(C(=O)CSc1ccc(Cl)cc1)C1CCNCC1. The summed E-state index contributed by atoms with van der Waals surface area (Å²) < 4.78 is 0. The van der Waals surface area contributed by atoms with Gasteiger partial charge in [0.05, 0.1) is 5.75 Å². The lowest BCUT2D eigenvalue weighted by molar-refractivity contribution is -0.129. The Bertz CT molecular complexity index is 418. The Hall–Kier alpha value is -0.710. The van der Waals surface area contributed by atoms with Crippen molar-refractivity contribution in [3.8, 4) is 0 Å². The number of benzene rings is 1. The lowest BCUT2D eigenvalue weighted by Gasteiger charge is -2.31. The van der Waals surface area contributed by atoms with E-state index < -0.39 is 0 Å². The fourth-order valence-electron chi connectivity index (χ4n) is 2.18. The van der Waals surface area contributed by atoms with Gasteiger partial charge in [-0.1, -0.05) is 11.6 Å². The van der Waals surface area contributed by atoms with Crippen molar-refractivity contribution in [3.63, 3.8) is 0 Å². The van der Waals surface area contributed by atoms with Crippen molar-refractivity contribution < 1.29 is 4.79 Å². The van der Waals surface area contributed by atoms with Gasteiger partial charge in [-0.2, -0.15) is 0 Å². The van der Waals surface area contributed by atoms with Gasteiger partial charge in [0.25, 0.3) is 0 Å². The topological polar surface area (TPSA) is 32.3 Å². The normalized spacial score (nSPS) is 16.3. The molecule has 3 nitrogen and oxygen atoms in total. The van der Waals surface area contributed by atoms with Crippen molar-refractivity contribution in [1.29, 1.82) is 0 Å². The molecule has 1 aromatic carbocycles. The molecule has 0 radical (unpaired) electrons. The molecule has 1 amide bonds. The minimum absolute atomic E-state index is 0.201. The van der Waals surface area contributed by atoms with Gasteiger partial charge in [0.15, 0.2) is 0 Å². The third-order valence-electron chi connectivity index (χ3n) is 3.43. The van der Waals surface area contributed by atoms with Gasteiger partial charge in [-0.05, 0) is 50.2 Å². The summed E-state index contributed by atoms with van der Waals surface area (Å²) in [4.78, 5) is 15.1. The molecule has 0 bridgehead atoms. The lowest BCUT2D eigenvalue weighted by atomic mass is 10.1. The number of carbonyl (C=O) groups is 1. The molecule has 1 N–H and O–H groups in total. The molecule has 1 aliphatic rings. The molecule has 104 valence electrons. The molecule has 0 aromatic heterocycles. The van der Waals surface area contributed by atoms with E-state index >= 15 is 0 Å². The van der Waals surface area contributed by atoms with Gasteiger partial charge in [0.2, 0.25) is 5.91 Å². The second kappa shape index (κ2) is 7.17. The van der Waals surface area contributed by atoms with E-state index in [1.54, 1.807) is 11.8 Å². The molecule has 0 spiro atoms. The zero-order valence-corrected chi connectivity index (χ0v) is 12.6. The Morgan fingerprint density at radius 3 is 2.63 bits per heavy atom. The summed E-state index contributed by atoms with van der Waals surface area (Å²) in [7, 11) is 1.92. The van der Waals surface area contributed by atoms with E-state index in [2.05, 4.69) is 5.32 Å². The zero-order chi connectivity index (χ0) is 13.7. The molecule has 0 saturated carbocycles.